The number of likely N-dealkylation sites (tertiary alicyclic amines) is 1. The number of hydrogen-bond acceptors (Lipinski definition) is 3. The molecule has 1 aromatic rings. The van der Waals surface area contributed by atoms with Crippen LogP contribution in [0.3, 0.4) is 0 Å². The van der Waals surface area contributed by atoms with Gasteiger partial charge in [-0.05, 0) is 30.9 Å². The third-order valence-electron chi connectivity index (χ3n) is 5.17. The summed E-state index contributed by atoms with van der Waals surface area (Å²) in [6.07, 6.45) is 6.44. The molecule has 2 aliphatic rings. The van der Waals surface area contributed by atoms with Gasteiger partial charge < -0.3 is 15.0 Å². The highest BCUT2D eigenvalue weighted by Crippen LogP contribution is 2.26. The maximum atomic E-state index is 13.7. The lowest BCUT2D eigenvalue weighted by molar-refractivity contribution is -0.128. The van der Waals surface area contributed by atoms with Crippen LogP contribution in [-0.2, 0) is 4.79 Å². The first-order valence-corrected chi connectivity index (χ1v) is 8.99. The van der Waals surface area contributed by atoms with E-state index in [0.717, 1.165) is 6.54 Å². The Hall–Kier alpha value is -2.11. The molecule has 0 radical (unpaired) electrons. The molecule has 1 saturated carbocycles. The third-order valence-corrected chi connectivity index (χ3v) is 5.17. The molecule has 136 valence electrons. The number of carbonyl (C=O) groups is 2. The van der Waals surface area contributed by atoms with E-state index >= 15 is 0 Å². The van der Waals surface area contributed by atoms with Crippen molar-refractivity contribution in [2.45, 2.75) is 44.6 Å². The lowest BCUT2D eigenvalue weighted by Gasteiger charge is -2.27. The summed E-state index contributed by atoms with van der Waals surface area (Å²) in [5.74, 6) is -0.383. The Labute approximate surface area is 147 Å². The zero-order valence-electron chi connectivity index (χ0n) is 14.6. The fraction of sp³-hybridized carbons (Fsp3) is 0.579. The molecule has 0 aromatic heterocycles. The quantitative estimate of drug-likeness (QED) is 0.890. The van der Waals surface area contributed by atoms with E-state index in [9.17, 15) is 14.0 Å². The van der Waals surface area contributed by atoms with E-state index < -0.39 is 11.7 Å². The van der Waals surface area contributed by atoms with Gasteiger partial charge in [0.15, 0.2) is 11.6 Å². The smallest absolute Gasteiger partial charge is 0.255 e. The SMILES string of the molecule is COc1c(F)cccc1C(=O)N[C@@H]1CC(=O)N(CC2CCCCC2)C1. The van der Waals surface area contributed by atoms with Crippen molar-refractivity contribution in [3.63, 3.8) is 0 Å². The molecule has 0 unspecified atom stereocenters. The lowest BCUT2D eigenvalue weighted by Crippen LogP contribution is -2.38. The molecule has 1 heterocycles. The standard InChI is InChI=1S/C19H25FN2O3/c1-25-18-15(8-5-9-16(18)20)19(24)21-14-10-17(23)22(12-14)11-13-6-3-2-4-7-13/h5,8-9,13-14H,2-4,6-7,10-12H2,1H3,(H,21,24)/t14-/m1/s1. The molecule has 0 bridgehead atoms. The monoisotopic (exact) mass is 348 g/mol. The van der Waals surface area contributed by atoms with E-state index in [1.54, 1.807) is 0 Å². The van der Waals surface area contributed by atoms with E-state index in [1.807, 2.05) is 4.90 Å². The van der Waals surface area contributed by atoms with Gasteiger partial charge in [-0.2, -0.15) is 0 Å². The van der Waals surface area contributed by atoms with Crippen molar-refractivity contribution >= 4 is 11.8 Å². The summed E-state index contributed by atoms with van der Waals surface area (Å²) >= 11 is 0. The third kappa shape index (κ3) is 4.11. The highest BCUT2D eigenvalue weighted by Gasteiger charge is 2.33. The molecule has 1 aromatic carbocycles. The summed E-state index contributed by atoms with van der Waals surface area (Å²) in [5.41, 5.74) is 0.153. The van der Waals surface area contributed by atoms with Crippen molar-refractivity contribution in [1.82, 2.24) is 10.2 Å². The van der Waals surface area contributed by atoms with Crippen molar-refractivity contribution in [2.24, 2.45) is 5.92 Å². The number of halogens is 1. The van der Waals surface area contributed by atoms with Gasteiger partial charge >= 0.3 is 0 Å². The van der Waals surface area contributed by atoms with Crippen molar-refractivity contribution in [3.8, 4) is 5.75 Å². The summed E-state index contributed by atoms with van der Waals surface area (Å²) in [6, 6.07) is 4.01. The van der Waals surface area contributed by atoms with Crippen LogP contribution >= 0.6 is 0 Å². The highest BCUT2D eigenvalue weighted by molar-refractivity contribution is 5.97. The summed E-state index contributed by atoms with van der Waals surface area (Å²) in [7, 11) is 1.33. The second kappa shape index (κ2) is 7.85. The van der Waals surface area contributed by atoms with Gasteiger partial charge in [-0.15, -0.1) is 0 Å². The van der Waals surface area contributed by atoms with Crippen LogP contribution in [0.4, 0.5) is 4.39 Å². The van der Waals surface area contributed by atoms with Gasteiger partial charge in [-0.25, -0.2) is 4.39 Å². The number of nitrogens with one attached hydrogen (secondary N) is 1. The Morgan fingerprint density at radius 2 is 2.08 bits per heavy atom. The van der Waals surface area contributed by atoms with E-state index in [4.69, 9.17) is 4.74 Å². The average Bonchev–Trinajstić information content (AvgIpc) is 2.94. The first-order chi connectivity index (χ1) is 12.1. The van der Waals surface area contributed by atoms with Gasteiger partial charge in [0.1, 0.15) is 0 Å². The van der Waals surface area contributed by atoms with E-state index in [2.05, 4.69) is 5.32 Å². The summed E-state index contributed by atoms with van der Waals surface area (Å²) in [4.78, 5) is 26.6. The second-order valence-electron chi connectivity index (χ2n) is 7.00. The predicted octanol–water partition coefficient (Wildman–Crippen LogP) is 2.75. The summed E-state index contributed by atoms with van der Waals surface area (Å²) in [6.45, 7) is 1.31. The normalized spacial score (nSPS) is 21.4. The molecule has 1 aliphatic carbocycles. The minimum absolute atomic E-state index is 0.0663. The van der Waals surface area contributed by atoms with E-state index in [-0.39, 0.29) is 23.3 Å². The van der Waals surface area contributed by atoms with Crippen LogP contribution in [0, 0.1) is 11.7 Å². The van der Waals surface area contributed by atoms with Crippen LogP contribution in [0.2, 0.25) is 0 Å². The number of hydrogen-bond donors (Lipinski definition) is 1. The van der Waals surface area contributed by atoms with Crippen LogP contribution in [0.1, 0.15) is 48.9 Å². The van der Waals surface area contributed by atoms with Crippen LogP contribution in [-0.4, -0.2) is 43.0 Å². The Morgan fingerprint density at radius 1 is 1.32 bits per heavy atom. The molecule has 1 saturated heterocycles. The van der Waals surface area contributed by atoms with E-state index in [1.165, 1.54) is 57.4 Å². The molecule has 3 rings (SSSR count). The van der Waals surface area contributed by atoms with Crippen LogP contribution in [0.5, 0.6) is 5.75 Å². The van der Waals surface area contributed by atoms with Crippen molar-refractivity contribution < 1.29 is 18.7 Å². The molecular weight excluding hydrogens is 323 g/mol. The minimum Gasteiger partial charge on any atom is -0.493 e. The topological polar surface area (TPSA) is 58.6 Å². The minimum atomic E-state index is -0.573. The second-order valence-corrected chi connectivity index (χ2v) is 7.00. The number of ether oxygens (including phenoxy) is 1. The molecule has 0 spiro atoms. The molecule has 2 amide bonds. The number of para-hydroxylation sites is 1. The van der Waals surface area contributed by atoms with Crippen LogP contribution in [0.15, 0.2) is 18.2 Å². The average molecular weight is 348 g/mol. The molecule has 1 aliphatic heterocycles. The zero-order chi connectivity index (χ0) is 17.8. The Bertz CT molecular complexity index is 644. The lowest BCUT2D eigenvalue weighted by atomic mass is 9.89. The van der Waals surface area contributed by atoms with Crippen molar-refractivity contribution in [3.05, 3.63) is 29.6 Å². The number of amides is 2. The molecule has 5 nitrogen and oxygen atoms in total. The molecule has 25 heavy (non-hydrogen) atoms. The Morgan fingerprint density at radius 3 is 2.80 bits per heavy atom. The van der Waals surface area contributed by atoms with Crippen LogP contribution < -0.4 is 10.1 Å². The van der Waals surface area contributed by atoms with Crippen molar-refractivity contribution in [1.29, 1.82) is 0 Å². The summed E-state index contributed by atoms with van der Waals surface area (Å²) < 4.78 is 18.7. The fourth-order valence-electron chi connectivity index (χ4n) is 3.88. The largest absolute Gasteiger partial charge is 0.493 e. The number of carbonyl (C=O) groups excluding carboxylic acids is 2. The maximum absolute atomic E-state index is 13.7. The van der Waals surface area contributed by atoms with Gasteiger partial charge in [0, 0.05) is 19.5 Å². The first kappa shape index (κ1) is 17.7. The number of nitrogens with zero attached hydrogens (tertiary/aromatic N) is 1. The van der Waals surface area contributed by atoms with Gasteiger partial charge in [-0.1, -0.05) is 25.3 Å². The summed E-state index contributed by atoms with van der Waals surface area (Å²) in [5, 5.41) is 2.85. The van der Waals surface area contributed by atoms with E-state index in [0.29, 0.717) is 18.9 Å². The molecule has 1 atom stereocenters. The van der Waals surface area contributed by atoms with Gasteiger partial charge in [0.25, 0.3) is 5.91 Å². The Balaban J connectivity index is 1.59. The van der Waals surface area contributed by atoms with Gasteiger partial charge in [-0.3, -0.25) is 9.59 Å². The number of benzene rings is 1. The fourth-order valence-corrected chi connectivity index (χ4v) is 3.88. The van der Waals surface area contributed by atoms with Gasteiger partial charge in [0.2, 0.25) is 5.91 Å². The maximum Gasteiger partial charge on any atom is 0.255 e. The predicted molar refractivity (Wildman–Crippen MR) is 92.0 cm³/mol. The molecule has 1 N–H and O–H groups in total. The number of methoxy groups -OCH3 is 1. The Kier molecular flexibility index (Phi) is 5.56. The van der Waals surface area contributed by atoms with Crippen LogP contribution in [0.25, 0.3) is 0 Å². The highest BCUT2D eigenvalue weighted by atomic mass is 19.1. The molecule has 2 fully saturated rings. The molecular formula is C19H25FN2O3. The van der Waals surface area contributed by atoms with Crippen molar-refractivity contribution in [2.75, 3.05) is 20.2 Å². The molecule has 6 heteroatoms. The number of rotatable bonds is 5. The zero-order valence-corrected chi connectivity index (χ0v) is 14.6. The first-order valence-electron chi connectivity index (χ1n) is 8.99. The van der Waals surface area contributed by atoms with Gasteiger partial charge in [0.05, 0.1) is 18.7 Å².